The number of hydrogen-bond acceptors (Lipinski definition) is 3. The molecule has 144 valence electrons. The molecular weight excluding hydrogens is 354 g/mol. The van der Waals surface area contributed by atoms with E-state index >= 15 is 0 Å². The van der Waals surface area contributed by atoms with Gasteiger partial charge in [0.15, 0.2) is 0 Å². The molecule has 0 unspecified atom stereocenters. The van der Waals surface area contributed by atoms with E-state index in [1.165, 1.54) is 0 Å². The molecule has 0 bridgehead atoms. The van der Waals surface area contributed by atoms with Gasteiger partial charge in [-0.15, -0.1) is 0 Å². The maximum Gasteiger partial charge on any atom is 0.255 e. The standard InChI is InChI=1S/C22H23N3O3/c1-15(25-14-17-5-3-4-6-19(17)22(25)27)21(26)23-10-12-24-11-9-16-13-18(28-2)7-8-20(16)24/h3-9,11,13,15H,10,12,14H2,1-2H3,(H,23,26)/t15-/m1/s1. The van der Waals surface area contributed by atoms with Gasteiger partial charge in [-0.2, -0.15) is 0 Å². The minimum Gasteiger partial charge on any atom is -0.497 e. The van der Waals surface area contributed by atoms with E-state index in [1.807, 2.05) is 54.7 Å². The molecule has 1 N–H and O–H groups in total. The summed E-state index contributed by atoms with van der Waals surface area (Å²) in [6.45, 7) is 3.40. The summed E-state index contributed by atoms with van der Waals surface area (Å²) in [6, 6.07) is 15.0. The third-order valence-corrected chi connectivity index (χ3v) is 5.33. The zero-order valence-corrected chi connectivity index (χ0v) is 16.0. The van der Waals surface area contributed by atoms with Crippen LogP contribution in [0.4, 0.5) is 0 Å². The first kappa shape index (κ1) is 18.1. The summed E-state index contributed by atoms with van der Waals surface area (Å²) < 4.78 is 7.35. The van der Waals surface area contributed by atoms with Crippen molar-refractivity contribution >= 4 is 22.7 Å². The lowest BCUT2D eigenvalue weighted by Crippen LogP contribution is -2.45. The Morgan fingerprint density at radius 3 is 2.82 bits per heavy atom. The van der Waals surface area contributed by atoms with Crippen LogP contribution in [0.2, 0.25) is 0 Å². The number of hydrogen-bond donors (Lipinski definition) is 1. The fourth-order valence-corrected chi connectivity index (χ4v) is 3.68. The molecule has 6 heteroatoms. The molecule has 0 aliphatic carbocycles. The average Bonchev–Trinajstić information content (AvgIpc) is 3.28. The highest BCUT2D eigenvalue weighted by Crippen LogP contribution is 2.24. The summed E-state index contributed by atoms with van der Waals surface area (Å²) in [5.74, 6) is 0.603. The van der Waals surface area contributed by atoms with Gasteiger partial charge in [-0.1, -0.05) is 18.2 Å². The second kappa shape index (κ2) is 7.38. The van der Waals surface area contributed by atoms with E-state index < -0.39 is 6.04 Å². The summed E-state index contributed by atoms with van der Waals surface area (Å²) >= 11 is 0. The molecule has 0 fully saturated rings. The lowest BCUT2D eigenvalue weighted by atomic mass is 10.1. The highest BCUT2D eigenvalue weighted by Gasteiger charge is 2.33. The zero-order chi connectivity index (χ0) is 19.7. The molecule has 1 aromatic heterocycles. The second-order valence-corrected chi connectivity index (χ2v) is 6.99. The molecule has 2 amide bonds. The fraction of sp³-hybridized carbons (Fsp3) is 0.273. The summed E-state index contributed by atoms with van der Waals surface area (Å²) in [7, 11) is 1.65. The Hall–Kier alpha value is -3.28. The van der Waals surface area contributed by atoms with Crippen molar-refractivity contribution in [1.29, 1.82) is 0 Å². The quantitative estimate of drug-likeness (QED) is 0.718. The molecule has 0 saturated carbocycles. The number of nitrogens with zero attached hydrogens (tertiary/aromatic N) is 2. The molecule has 2 aromatic carbocycles. The van der Waals surface area contributed by atoms with Crippen molar-refractivity contribution < 1.29 is 14.3 Å². The minimum atomic E-state index is -0.509. The first-order valence-electron chi connectivity index (χ1n) is 9.38. The number of fused-ring (bicyclic) bond motifs is 2. The largest absolute Gasteiger partial charge is 0.497 e. The molecule has 0 saturated heterocycles. The van der Waals surface area contributed by atoms with E-state index in [2.05, 4.69) is 9.88 Å². The molecule has 1 aliphatic rings. The van der Waals surface area contributed by atoms with Crippen molar-refractivity contribution in [1.82, 2.24) is 14.8 Å². The monoisotopic (exact) mass is 377 g/mol. The molecular formula is C22H23N3O3. The van der Waals surface area contributed by atoms with Crippen LogP contribution < -0.4 is 10.1 Å². The van der Waals surface area contributed by atoms with Crippen LogP contribution in [0.25, 0.3) is 10.9 Å². The third-order valence-electron chi connectivity index (χ3n) is 5.33. The predicted molar refractivity (Wildman–Crippen MR) is 107 cm³/mol. The number of benzene rings is 2. The Balaban J connectivity index is 1.36. The Kier molecular flexibility index (Phi) is 4.77. The van der Waals surface area contributed by atoms with Gasteiger partial charge in [-0.05, 0) is 42.8 Å². The number of carbonyl (C=O) groups is 2. The maximum atomic E-state index is 12.6. The number of amides is 2. The third kappa shape index (κ3) is 3.22. The van der Waals surface area contributed by atoms with Crippen LogP contribution >= 0.6 is 0 Å². The number of ether oxygens (including phenoxy) is 1. The average molecular weight is 377 g/mol. The van der Waals surface area contributed by atoms with Gasteiger partial charge in [-0.25, -0.2) is 0 Å². The topological polar surface area (TPSA) is 63.6 Å². The molecule has 1 aliphatic heterocycles. The van der Waals surface area contributed by atoms with Crippen LogP contribution in [0.5, 0.6) is 5.75 Å². The normalized spacial score (nSPS) is 14.2. The SMILES string of the molecule is COc1ccc2c(ccn2CCNC(=O)[C@@H](C)N2Cc3ccccc3C2=O)c1. The van der Waals surface area contributed by atoms with E-state index in [9.17, 15) is 9.59 Å². The molecule has 28 heavy (non-hydrogen) atoms. The van der Waals surface area contributed by atoms with Crippen LogP contribution in [0.3, 0.4) is 0 Å². The zero-order valence-electron chi connectivity index (χ0n) is 16.0. The first-order chi connectivity index (χ1) is 13.6. The van der Waals surface area contributed by atoms with Gasteiger partial charge in [0.05, 0.1) is 7.11 Å². The molecule has 3 aromatic rings. The predicted octanol–water partition coefficient (Wildman–Crippen LogP) is 2.81. The van der Waals surface area contributed by atoms with E-state index in [4.69, 9.17) is 4.74 Å². The van der Waals surface area contributed by atoms with Crippen LogP contribution in [-0.4, -0.2) is 41.0 Å². The van der Waals surface area contributed by atoms with E-state index in [-0.39, 0.29) is 11.8 Å². The van der Waals surface area contributed by atoms with Gasteiger partial charge in [0.1, 0.15) is 11.8 Å². The van der Waals surface area contributed by atoms with Gasteiger partial charge in [0, 0.05) is 42.3 Å². The molecule has 2 heterocycles. The molecule has 6 nitrogen and oxygen atoms in total. The number of aromatic nitrogens is 1. The van der Waals surface area contributed by atoms with Gasteiger partial charge in [0.2, 0.25) is 5.91 Å². The van der Waals surface area contributed by atoms with Crippen molar-refractivity contribution in [2.45, 2.75) is 26.1 Å². The summed E-state index contributed by atoms with van der Waals surface area (Å²) in [5, 5.41) is 4.05. The smallest absolute Gasteiger partial charge is 0.255 e. The Bertz CT molecular complexity index is 1040. The molecule has 0 radical (unpaired) electrons. The molecule has 4 rings (SSSR count). The van der Waals surface area contributed by atoms with Gasteiger partial charge < -0.3 is 19.5 Å². The van der Waals surface area contributed by atoms with Crippen molar-refractivity contribution in [3.63, 3.8) is 0 Å². The number of rotatable bonds is 6. The van der Waals surface area contributed by atoms with Crippen molar-refractivity contribution in [3.05, 3.63) is 65.9 Å². The Morgan fingerprint density at radius 2 is 2.04 bits per heavy atom. The summed E-state index contributed by atoms with van der Waals surface area (Å²) in [5.41, 5.74) is 2.76. The Labute approximate surface area is 163 Å². The van der Waals surface area contributed by atoms with Crippen molar-refractivity contribution in [2.24, 2.45) is 0 Å². The van der Waals surface area contributed by atoms with Crippen LogP contribution in [0, 0.1) is 0 Å². The van der Waals surface area contributed by atoms with E-state index in [0.29, 0.717) is 25.2 Å². The molecule has 0 spiro atoms. The van der Waals surface area contributed by atoms with Crippen LogP contribution in [-0.2, 0) is 17.9 Å². The highest BCUT2D eigenvalue weighted by molar-refractivity contribution is 6.01. The lowest BCUT2D eigenvalue weighted by Gasteiger charge is -2.23. The Morgan fingerprint density at radius 1 is 1.21 bits per heavy atom. The fourth-order valence-electron chi connectivity index (χ4n) is 3.68. The minimum absolute atomic E-state index is 0.0800. The van der Waals surface area contributed by atoms with Crippen molar-refractivity contribution in [2.75, 3.05) is 13.7 Å². The van der Waals surface area contributed by atoms with Gasteiger partial charge >= 0.3 is 0 Å². The number of nitrogens with one attached hydrogen (secondary N) is 1. The van der Waals surface area contributed by atoms with Gasteiger partial charge in [0.25, 0.3) is 5.91 Å². The van der Waals surface area contributed by atoms with Gasteiger partial charge in [-0.3, -0.25) is 9.59 Å². The lowest BCUT2D eigenvalue weighted by molar-refractivity contribution is -0.125. The van der Waals surface area contributed by atoms with Crippen molar-refractivity contribution in [3.8, 4) is 5.75 Å². The van der Waals surface area contributed by atoms with Crippen LogP contribution in [0.1, 0.15) is 22.8 Å². The number of methoxy groups -OCH3 is 1. The van der Waals surface area contributed by atoms with E-state index in [1.54, 1.807) is 18.9 Å². The maximum absolute atomic E-state index is 12.6. The second-order valence-electron chi connectivity index (χ2n) is 6.99. The van der Waals surface area contributed by atoms with E-state index in [0.717, 1.165) is 22.2 Å². The first-order valence-corrected chi connectivity index (χ1v) is 9.38. The summed E-state index contributed by atoms with van der Waals surface area (Å²) in [6.07, 6.45) is 2.00. The highest BCUT2D eigenvalue weighted by atomic mass is 16.5. The van der Waals surface area contributed by atoms with Crippen LogP contribution in [0.15, 0.2) is 54.7 Å². The summed E-state index contributed by atoms with van der Waals surface area (Å²) in [4.78, 5) is 26.7. The number of carbonyl (C=O) groups excluding carboxylic acids is 2. The molecule has 1 atom stereocenters.